The van der Waals surface area contributed by atoms with Crippen LogP contribution in [0.4, 0.5) is 0 Å². The van der Waals surface area contributed by atoms with Gasteiger partial charge in [-0.15, -0.1) is 11.3 Å². The fraction of sp³-hybridized carbons (Fsp3) is 0.200. The second-order valence-corrected chi connectivity index (χ2v) is 4.36. The molecular formula is C10H9BrO2S. The average molecular weight is 273 g/mol. The zero-order valence-corrected chi connectivity index (χ0v) is 9.98. The number of halogens is 1. The summed E-state index contributed by atoms with van der Waals surface area (Å²) in [5, 5.41) is 13.6. The molecule has 0 bridgehead atoms. The van der Waals surface area contributed by atoms with Crippen LogP contribution < -0.4 is 4.74 Å². The molecule has 74 valence electrons. The molecule has 0 saturated carbocycles. The van der Waals surface area contributed by atoms with Gasteiger partial charge < -0.3 is 9.84 Å². The number of alkyl halides is 1. The predicted molar refractivity (Wildman–Crippen MR) is 62.7 cm³/mol. The number of phenols is 1. The van der Waals surface area contributed by atoms with E-state index in [0.717, 1.165) is 15.6 Å². The van der Waals surface area contributed by atoms with Gasteiger partial charge in [0.15, 0.2) is 11.5 Å². The SMILES string of the molecule is COc1cc2ccsc2c(CBr)c1O. The molecule has 1 heterocycles. The summed E-state index contributed by atoms with van der Waals surface area (Å²) in [6.45, 7) is 0. The lowest BCUT2D eigenvalue weighted by Crippen LogP contribution is -1.87. The van der Waals surface area contributed by atoms with Crippen molar-refractivity contribution in [2.45, 2.75) is 5.33 Å². The summed E-state index contributed by atoms with van der Waals surface area (Å²) in [7, 11) is 1.56. The first-order valence-electron chi connectivity index (χ1n) is 4.10. The topological polar surface area (TPSA) is 29.5 Å². The van der Waals surface area contributed by atoms with E-state index in [-0.39, 0.29) is 5.75 Å². The molecule has 1 aromatic carbocycles. The van der Waals surface area contributed by atoms with E-state index in [2.05, 4.69) is 15.9 Å². The Morgan fingerprint density at radius 2 is 2.36 bits per heavy atom. The molecule has 0 unspecified atom stereocenters. The van der Waals surface area contributed by atoms with E-state index in [4.69, 9.17) is 4.74 Å². The van der Waals surface area contributed by atoms with Gasteiger partial charge in [-0.3, -0.25) is 0 Å². The molecule has 0 spiro atoms. The fourth-order valence-electron chi connectivity index (χ4n) is 1.42. The number of thiophene rings is 1. The molecule has 14 heavy (non-hydrogen) atoms. The maximum atomic E-state index is 9.86. The second kappa shape index (κ2) is 3.79. The van der Waals surface area contributed by atoms with Gasteiger partial charge in [0.05, 0.1) is 7.11 Å². The molecule has 0 fully saturated rings. The van der Waals surface area contributed by atoms with Crippen LogP contribution >= 0.6 is 27.3 Å². The highest BCUT2D eigenvalue weighted by Crippen LogP contribution is 2.39. The minimum absolute atomic E-state index is 0.235. The number of hydrogen-bond donors (Lipinski definition) is 1. The highest BCUT2D eigenvalue weighted by molar-refractivity contribution is 9.08. The summed E-state index contributed by atoms with van der Waals surface area (Å²) in [5.74, 6) is 0.768. The number of phenolic OH excluding ortho intramolecular Hbond substituents is 1. The third kappa shape index (κ3) is 1.38. The van der Waals surface area contributed by atoms with Gasteiger partial charge in [0.25, 0.3) is 0 Å². The van der Waals surface area contributed by atoms with Crippen molar-refractivity contribution in [2.75, 3.05) is 7.11 Å². The third-order valence-corrected chi connectivity index (χ3v) is 3.68. The maximum Gasteiger partial charge on any atom is 0.163 e. The van der Waals surface area contributed by atoms with Crippen molar-refractivity contribution in [1.29, 1.82) is 0 Å². The Hall–Kier alpha value is -0.740. The fourth-order valence-corrected chi connectivity index (χ4v) is 3.08. The van der Waals surface area contributed by atoms with E-state index in [1.807, 2.05) is 17.5 Å². The first-order chi connectivity index (χ1) is 6.77. The van der Waals surface area contributed by atoms with Crippen molar-refractivity contribution >= 4 is 37.4 Å². The Labute approximate surface area is 94.3 Å². The van der Waals surface area contributed by atoms with Crippen LogP contribution in [0.5, 0.6) is 11.5 Å². The molecule has 0 aliphatic rings. The van der Waals surface area contributed by atoms with Crippen LogP contribution in [0.15, 0.2) is 17.5 Å². The first kappa shape index (κ1) is 9.80. The van der Waals surface area contributed by atoms with E-state index >= 15 is 0 Å². The number of fused-ring (bicyclic) bond motifs is 1. The number of benzene rings is 1. The van der Waals surface area contributed by atoms with Crippen LogP contribution in [0.1, 0.15) is 5.56 Å². The van der Waals surface area contributed by atoms with Crippen molar-refractivity contribution < 1.29 is 9.84 Å². The van der Waals surface area contributed by atoms with Gasteiger partial charge in [0, 0.05) is 15.6 Å². The molecule has 0 atom stereocenters. The van der Waals surface area contributed by atoms with Crippen LogP contribution in [0.3, 0.4) is 0 Å². The summed E-state index contributed by atoms with van der Waals surface area (Å²) < 4.78 is 6.21. The van der Waals surface area contributed by atoms with Crippen LogP contribution in [-0.2, 0) is 5.33 Å². The van der Waals surface area contributed by atoms with Crippen molar-refractivity contribution in [3.63, 3.8) is 0 Å². The number of hydrogen-bond acceptors (Lipinski definition) is 3. The number of methoxy groups -OCH3 is 1. The highest BCUT2D eigenvalue weighted by atomic mass is 79.9. The molecular weight excluding hydrogens is 264 g/mol. The van der Waals surface area contributed by atoms with Crippen LogP contribution in [-0.4, -0.2) is 12.2 Å². The minimum atomic E-state index is 0.235. The normalized spacial score (nSPS) is 10.7. The Bertz CT molecular complexity index is 464. The van der Waals surface area contributed by atoms with Gasteiger partial charge in [0.1, 0.15) is 0 Å². The Morgan fingerprint density at radius 3 is 3.00 bits per heavy atom. The Balaban J connectivity index is 2.80. The van der Waals surface area contributed by atoms with Crippen molar-refractivity contribution in [3.05, 3.63) is 23.1 Å². The van der Waals surface area contributed by atoms with Gasteiger partial charge >= 0.3 is 0 Å². The lowest BCUT2D eigenvalue weighted by Gasteiger charge is -2.08. The quantitative estimate of drug-likeness (QED) is 0.848. The highest BCUT2D eigenvalue weighted by Gasteiger charge is 2.12. The molecule has 0 amide bonds. The molecule has 0 aliphatic carbocycles. The first-order valence-corrected chi connectivity index (χ1v) is 6.10. The van der Waals surface area contributed by atoms with Gasteiger partial charge in [-0.05, 0) is 22.9 Å². The molecule has 2 aromatic rings. The maximum absolute atomic E-state index is 9.86. The lowest BCUT2D eigenvalue weighted by atomic mass is 10.1. The smallest absolute Gasteiger partial charge is 0.163 e. The third-order valence-electron chi connectivity index (χ3n) is 2.13. The molecule has 0 radical (unpaired) electrons. The molecule has 2 rings (SSSR count). The second-order valence-electron chi connectivity index (χ2n) is 2.88. The van der Waals surface area contributed by atoms with E-state index < -0.39 is 0 Å². The Morgan fingerprint density at radius 1 is 1.57 bits per heavy atom. The average Bonchev–Trinajstić information content (AvgIpc) is 2.64. The van der Waals surface area contributed by atoms with Gasteiger partial charge in [-0.1, -0.05) is 15.9 Å². The van der Waals surface area contributed by atoms with Crippen molar-refractivity contribution in [1.82, 2.24) is 0 Å². The molecule has 4 heteroatoms. The summed E-state index contributed by atoms with van der Waals surface area (Å²) >= 11 is 4.99. The van der Waals surface area contributed by atoms with Crippen molar-refractivity contribution in [2.24, 2.45) is 0 Å². The van der Waals surface area contributed by atoms with Crippen LogP contribution in [0.2, 0.25) is 0 Å². The minimum Gasteiger partial charge on any atom is -0.504 e. The molecule has 0 saturated heterocycles. The van der Waals surface area contributed by atoms with E-state index in [0.29, 0.717) is 11.1 Å². The zero-order valence-electron chi connectivity index (χ0n) is 7.58. The largest absolute Gasteiger partial charge is 0.504 e. The Kier molecular flexibility index (Phi) is 2.65. The van der Waals surface area contributed by atoms with Gasteiger partial charge in [0.2, 0.25) is 0 Å². The molecule has 1 N–H and O–H groups in total. The number of aromatic hydroxyl groups is 1. The van der Waals surface area contributed by atoms with Crippen molar-refractivity contribution in [3.8, 4) is 11.5 Å². The lowest BCUT2D eigenvalue weighted by molar-refractivity contribution is 0.372. The molecule has 1 aromatic heterocycles. The monoisotopic (exact) mass is 272 g/mol. The number of rotatable bonds is 2. The van der Waals surface area contributed by atoms with Gasteiger partial charge in [-0.2, -0.15) is 0 Å². The van der Waals surface area contributed by atoms with E-state index in [9.17, 15) is 5.11 Å². The van der Waals surface area contributed by atoms with E-state index in [1.165, 1.54) is 0 Å². The van der Waals surface area contributed by atoms with Gasteiger partial charge in [-0.25, -0.2) is 0 Å². The molecule has 2 nitrogen and oxygen atoms in total. The van der Waals surface area contributed by atoms with E-state index in [1.54, 1.807) is 18.4 Å². The van der Waals surface area contributed by atoms with Crippen LogP contribution in [0, 0.1) is 0 Å². The summed E-state index contributed by atoms with van der Waals surface area (Å²) in [6, 6.07) is 3.88. The molecule has 0 aliphatic heterocycles. The van der Waals surface area contributed by atoms with Crippen LogP contribution in [0.25, 0.3) is 10.1 Å². The summed E-state index contributed by atoms with van der Waals surface area (Å²) in [6.07, 6.45) is 0. The summed E-state index contributed by atoms with van der Waals surface area (Å²) in [5.41, 5.74) is 0.898. The zero-order chi connectivity index (χ0) is 10.1. The number of ether oxygens (including phenoxy) is 1. The summed E-state index contributed by atoms with van der Waals surface area (Å²) in [4.78, 5) is 0. The predicted octanol–water partition coefficient (Wildman–Crippen LogP) is 3.51. The standard InChI is InChI=1S/C10H9BrO2S/c1-13-8-4-6-2-3-14-10(6)7(5-11)9(8)12/h2-4,12H,5H2,1H3.